The van der Waals surface area contributed by atoms with Gasteiger partial charge in [0.1, 0.15) is 0 Å². The summed E-state index contributed by atoms with van der Waals surface area (Å²) >= 11 is 17.5. The predicted molar refractivity (Wildman–Crippen MR) is 85.1 cm³/mol. The fraction of sp³-hybridized carbons (Fsp3) is 0.0625. The van der Waals surface area contributed by atoms with Crippen molar-refractivity contribution < 1.29 is 9.59 Å². The third-order valence-corrected chi connectivity index (χ3v) is 3.38. The van der Waals surface area contributed by atoms with E-state index in [-0.39, 0.29) is 5.92 Å². The van der Waals surface area contributed by atoms with Crippen molar-refractivity contribution in [3.8, 4) is 0 Å². The van der Waals surface area contributed by atoms with Crippen molar-refractivity contribution in [3.05, 3.63) is 77.7 Å². The number of rotatable bonds is 4. The van der Waals surface area contributed by atoms with Crippen LogP contribution >= 0.6 is 34.8 Å². The van der Waals surface area contributed by atoms with E-state index in [2.05, 4.69) is 0 Å². The van der Waals surface area contributed by atoms with Crippen LogP contribution in [0.3, 0.4) is 0 Å². The molecule has 2 aromatic carbocycles. The highest BCUT2D eigenvalue weighted by Gasteiger charge is 2.45. The van der Waals surface area contributed by atoms with Gasteiger partial charge in [-0.2, -0.15) is 0 Å². The molecule has 0 fully saturated rings. The molecule has 0 saturated carbocycles. The van der Waals surface area contributed by atoms with Crippen LogP contribution in [0.4, 0.5) is 0 Å². The molecule has 0 aromatic heterocycles. The molecule has 0 spiro atoms. The molecule has 0 N–H and O–H groups in total. The average molecular weight is 341 g/mol. The standard InChI is InChI=1S/C16H10Cl3O2/c17-16(18,19)13(14(20)11-7-3-1-4-8-11)15(21)12-9-5-2-6-10-12/h1-10H. The lowest BCUT2D eigenvalue weighted by molar-refractivity contribution is 0.0921. The zero-order valence-corrected chi connectivity index (χ0v) is 13.0. The summed E-state index contributed by atoms with van der Waals surface area (Å²) in [5, 5.41) is 0. The molecule has 0 aliphatic heterocycles. The molecule has 0 saturated heterocycles. The molecule has 107 valence electrons. The van der Waals surface area contributed by atoms with Gasteiger partial charge in [0.2, 0.25) is 3.79 Å². The van der Waals surface area contributed by atoms with Crippen molar-refractivity contribution >= 4 is 46.4 Å². The maximum Gasteiger partial charge on any atom is 0.212 e. The van der Waals surface area contributed by atoms with Gasteiger partial charge in [-0.3, -0.25) is 9.59 Å². The van der Waals surface area contributed by atoms with Gasteiger partial charge in [-0.25, -0.2) is 0 Å². The van der Waals surface area contributed by atoms with Crippen molar-refractivity contribution in [2.75, 3.05) is 0 Å². The average Bonchev–Trinajstić information content (AvgIpc) is 2.47. The number of ketones is 2. The van der Waals surface area contributed by atoms with Crippen LogP contribution in [0.2, 0.25) is 0 Å². The van der Waals surface area contributed by atoms with Crippen molar-refractivity contribution in [3.63, 3.8) is 0 Å². The van der Waals surface area contributed by atoms with E-state index in [0.717, 1.165) is 0 Å². The maximum atomic E-state index is 12.5. The molecule has 2 nitrogen and oxygen atoms in total. The highest BCUT2D eigenvalue weighted by molar-refractivity contribution is 6.72. The molecule has 0 amide bonds. The summed E-state index contributed by atoms with van der Waals surface area (Å²) in [4.78, 5) is 25.0. The largest absolute Gasteiger partial charge is 0.293 e. The Morgan fingerprint density at radius 3 is 1.29 bits per heavy atom. The topological polar surface area (TPSA) is 34.1 Å². The van der Waals surface area contributed by atoms with E-state index in [1.54, 1.807) is 60.7 Å². The number of carbonyl (C=O) groups excluding carboxylic acids is 2. The van der Waals surface area contributed by atoms with Gasteiger partial charge in [0, 0.05) is 11.1 Å². The minimum Gasteiger partial charge on any atom is -0.293 e. The van der Waals surface area contributed by atoms with Crippen LogP contribution in [-0.2, 0) is 0 Å². The Labute approximate surface area is 137 Å². The second-order valence-electron chi connectivity index (χ2n) is 4.26. The number of hydrogen-bond acceptors (Lipinski definition) is 2. The van der Waals surface area contributed by atoms with E-state index in [9.17, 15) is 9.59 Å². The van der Waals surface area contributed by atoms with Crippen molar-refractivity contribution in [2.45, 2.75) is 3.79 Å². The molecule has 0 unspecified atom stereocenters. The van der Waals surface area contributed by atoms with Gasteiger partial charge in [0.25, 0.3) is 0 Å². The SMILES string of the molecule is O=C([C](C(=O)c1ccccc1)C(Cl)(Cl)Cl)c1ccccc1. The van der Waals surface area contributed by atoms with Crippen molar-refractivity contribution in [1.82, 2.24) is 0 Å². The fourth-order valence-corrected chi connectivity index (χ4v) is 2.34. The van der Waals surface area contributed by atoms with E-state index < -0.39 is 15.4 Å². The Bertz CT molecular complexity index is 582. The summed E-state index contributed by atoms with van der Waals surface area (Å²) in [6, 6.07) is 16.5. The summed E-state index contributed by atoms with van der Waals surface area (Å²) in [5.41, 5.74) is 0.589. The number of benzene rings is 2. The third kappa shape index (κ3) is 3.85. The molecular weight excluding hydrogens is 331 g/mol. The number of hydrogen-bond donors (Lipinski definition) is 0. The molecule has 21 heavy (non-hydrogen) atoms. The Morgan fingerprint density at radius 2 is 1.00 bits per heavy atom. The second-order valence-corrected chi connectivity index (χ2v) is 6.54. The smallest absolute Gasteiger partial charge is 0.212 e. The quantitative estimate of drug-likeness (QED) is 0.459. The predicted octanol–water partition coefficient (Wildman–Crippen LogP) is 4.70. The first-order chi connectivity index (χ1) is 9.91. The van der Waals surface area contributed by atoms with E-state index in [1.165, 1.54) is 0 Å². The number of alkyl halides is 3. The summed E-state index contributed by atoms with van der Waals surface area (Å²) in [5.74, 6) is -1.57. The molecule has 2 aromatic rings. The second kappa shape index (κ2) is 6.61. The number of Topliss-reactive ketones (excluding diaryl/α,β-unsaturated/α-hetero) is 2. The first-order valence-electron chi connectivity index (χ1n) is 6.05. The monoisotopic (exact) mass is 339 g/mol. The minimum absolute atomic E-state index is 0.295. The Kier molecular flexibility index (Phi) is 5.04. The van der Waals surface area contributed by atoms with Crippen LogP contribution in [0.25, 0.3) is 0 Å². The van der Waals surface area contributed by atoms with Crippen LogP contribution in [0.1, 0.15) is 20.7 Å². The lowest BCUT2D eigenvalue weighted by Crippen LogP contribution is -2.33. The molecule has 0 heterocycles. The van der Waals surface area contributed by atoms with Crippen LogP contribution in [0.15, 0.2) is 60.7 Å². The van der Waals surface area contributed by atoms with Crippen LogP contribution in [0.5, 0.6) is 0 Å². The molecule has 0 aliphatic rings. The third-order valence-electron chi connectivity index (χ3n) is 2.81. The maximum absolute atomic E-state index is 12.5. The Balaban J connectivity index is 2.41. The van der Waals surface area contributed by atoms with Gasteiger partial charge in [0.15, 0.2) is 17.5 Å². The van der Waals surface area contributed by atoms with Gasteiger partial charge in [-0.1, -0.05) is 95.5 Å². The van der Waals surface area contributed by atoms with Crippen LogP contribution < -0.4 is 0 Å². The van der Waals surface area contributed by atoms with Crippen molar-refractivity contribution in [1.29, 1.82) is 0 Å². The van der Waals surface area contributed by atoms with Crippen LogP contribution in [-0.4, -0.2) is 15.4 Å². The Morgan fingerprint density at radius 1 is 0.667 bits per heavy atom. The van der Waals surface area contributed by atoms with Gasteiger partial charge >= 0.3 is 0 Å². The summed E-state index contributed by atoms with van der Waals surface area (Å²) in [7, 11) is 0. The van der Waals surface area contributed by atoms with Gasteiger partial charge in [-0.15, -0.1) is 0 Å². The zero-order chi connectivity index (χ0) is 15.5. The van der Waals surface area contributed by atoms with E-state index in [4.69, 9.17) is 34.8 Å². The molecule has 0 aliphatic carbocycles. The fourth-order valence-electron chi connectivity index (χ4n) is 1.83. The molecule has 2 rings (SSSR count). The number of carbonyl (C=O) groups is 2. The molecule has 0 atom stereocenters. The number of halogens is 3. The first-order valence-corrected chi connectivity index (χ1v) is 7.18. The molecule has 0 bridgehead atoms. The zero-order valence-electron chi connectivity index (χ0n) is 10.7. The Hall–Kier alpha value is -1.35. The highest BCUT2D eigenvalue weighted by atomic mass is 35.6. The summed E-state index contributed by atoms with van der Waals surface area (Å²) in [6.45, 7) is 0. The van der Waals surface area contributed by atoms with Crippen molar-refractivity contribution in [2.24, 2.45) is 0 Å². The lowest BCUT2D eigenvalue weighted by Gasteiger charge is -2.21. The molecule has 1 radical (unpaired) electrons. The highest BCUT2D eigenvalue weighted by Crippen LogP contribution is 2.40. The first kappa shape index (κ1) is 16.0. The normalized spacial score (nSPS) is 11.4. The van der Waals surface area contributed by atoms with Crippen LogP contribution in [0, 0.1) is 5.92 Å². The van der Waals surface area contributed by atoms with Gasteiger partial charge in [-0.05, 0) is 0 Å². The van der Waals surface area contributed by atoms with E-state index >= 15 is 0 Å². The summed E-state index contributed by atoms with van der Waals surface area (Å²) < 4.78 is -2.10. The summed E-state index contributed by atoms with van der Waals surface area (Å²) in [6.07, 6.45) is 0. The minimum atomic E-state index is -2.10. The van der Waals surface area contributed by atoms with E-state index in [1.807, 2.05) is 0 Å². The molecular formula is C16H10Cl3O2. The lowest BCUT2D eigenvalue weighted by atomic mass is 9.91. The van der Waals surface area contributed by atoms with Gasteiger partial charge < -0.3 is 0 Å². The molecule has 5 heteroatoms. The van der Waals surface area contributed by atoms with E-state index in [0.29, 0.717) is 11.1 Å². The van der Waals surface area contributed by atoms with Gasteiger partial charge in [0.05, 0.1) is 0 Å².